The molecule has 2 N–H and O–H groups in total. The van der Waals surface area contributed by atoms with E-state index >= 15 is 0 Å². The second-order valence-electron chi connectivity index (χ2n) is 5.17. The molecule has 0 bridgehead atoms. The van der Waals surface area contributed by atoms with Crippen molar-refractivity contribution < 1.29 is 18.0 Å². The molecule has 0 saturated heterocycles. The maximum Gasteiger partial charge on any atom is 0.416 e. The van der Waals surface area contributed by atoms with Crippen molar-refractivity contribution in [2.24, 2.45) is 5.10 Å². The first-order chi connectivity index (χ1) is 11.8. The van der Waals surface area contributed by atoms with Gasteiger partial charge in [0.05, 0.1) is 17.8 Å². The number of alkyl halides is 3. The molecular weight excluding hydrogens is 355 g/mol. The molecule has 0 saturated carbocycles. The summed E-state index contributed by atoms with van der Waals surface area (Å²) in [5.74, 6) is -0.481. The van der Waals surface area contributed by atoms with Gasteiger partial charge in [-0.3, -0.25) is 4.79 Å². The van der Waals surface area contributed by atoms with E-state index in [1.807, 2.05) is 0 Å². The van der Waals surface area contributed by atoms with Crippen LogP contribution in [-0.4, -0.2) is 18.2 Å². The Morgan fingerprint density at radius 2 is 1.84 bits per heavy atom. The third-order valence-corrected chi connectivity index (χ3v) is 3.51. The van der Waals surface area contributed by atoms with Crippen LogP contribution < -0.4 is 10.7 Å². The van der Waals surface area contributed by atoms with E-state index in [4.69, 9.17) is 11.6 Å². The summed E-state index contributed by atoms with van der Waals surface area (Å²) in [6, 6.07) is 11.5. The van der Waals surface area contributed by atoms with Crippen LogP contribution >= 0.6 is 11.6 Å². The molecule has 2 aromatic carbocycles. The van der Waals surface area contributed by atoms with Gasteiger partial charge in [-0.1, -0.05) is 29.8 Å². The van der Waals surface area contributed by atoms with Crippen LogP contribution in [0.15, 0.2) is 53.6 Å². The summed E-state index contributed by atoms with van der Waals surface area (Å²) in [4.78, 5) is 11.8. The molecule has 2 rings (SSSR count). The van der Waals surface area contributed by atoms with E-state index in [-0.39, 0.29) is 12.2 Å². The number of rotatable bonds is 5. The lowest BCUT2D eigenvalue weighted by molar-refractivity contribution is -0.137. The van der Waals surface area contributed by atoms with Gasteiger partial charge in [0.25, 0.3) is 5.91 Å². The first kappa shape index (κ1) is 18.8. The maximum absolute atomic E-state index is 12.6. The number of carbonyl (C=O) groups excluding carboxylic acids is 1. The van der Waals surface area contributed by atoms with Crippen LogP contribution in [0.2, 0.25) is 5.02 Å². The fourth-order valence-corrected chi connectivity index (χ4v) is 2.06. The number of hydrogen-bond acceptors (Lipinski definition) is 3. The quantitative estimate of drug-likeness (QED) is 0.609. The van der Waals surface area contributed by atoms with Gasteiger partial charge in [0.2, 0.25) is 0 Å². The summed E-state index contributed by atoms with van der Waals surface area (Å²) < 4.78 is 37.9. The van der Waals surface area contributed by atoms with Crippen LogP contribution in [0.5, 0.6) is 0 Å². The SMILES string of the molecule is C/C(=N/NC(=O)CNc1cccc(C(F)(F)F)c1)c1ccc(Cl)cc1. The Morgan fingerprint density at radius 1 is 1.16 bits per heavy atom. The summed E-state index contributed by atoms with van der Waals surface area (Å²) in [6.07, 6.45) is -4.43. The Bertz CT molecular complexity index is 773. The van der Waals surface area contributed by atoms with Gasteiger partial charge in [0, 0.05) is 10.7 Å². The van der Waals surface area contributed by atoms with Gasteiger partial charge in [-0.2, -0.15) is 18.3 Å². The summed E-state index contributed by atoms with van der Waals surface area (Å²) >= 11 is 5.79. The van der Waals surface area contributed by atoms with Crippen molar-refractivity contribution in [1.82, 2.24) is 5.43 Å². The predicted molar refractivity (Wildman–Crippen MR) is 91.7 cm³/mol. The van der Waals surface area contributed by atoms with E-state index in [9.17, 15) is 18.0 Å². The number of anilines is 1. The minimum absolute atomic E-state index is 0.198. The molecule has 0 atom stereocenters. The van der Waals surface area contributed by atoms with Crippen molar-refractivity contribution in [3.8, 4) is 0 Å². The normalized spacial score (nSPS) is 12.0. The number of nitrogens with zero attached hydrogens (tertiary/aromatic N) is 1. The molecule has 0 spiro atoms. The van der Waals surface area contributed by atoms with Gasteiger partial charge in [0.15, 0.2) is 0 Å². The molecule has 0 aromatic heterocycles. The van der Waals surface area contributed by atoms with Gasteiger partial charge in [-0.15, -0.1) is 0 Å². The Hall–Kier alpha value is -2.54. The summed E-state index contributed by atoms with van der Waals surface area (Å²) in [5, 5.41) is 7.17. The number of carbonyl (C=O) groups is 1. The lowest BCUT2D eigenvalue weighted by atomic mass is 10.1. The number of halogens is 4. The van der Waals surface area contributed by atoms with Crippen LogP contribution in [0.1, 0.15) is 18.1 Å². The van der Waals surface area contributed by atoms with Crippen molar-refractivity contribution in [3.05, 3.63) is 64.7 Å². The fraction of sp³-hybridized carbons (Fsp3) is 0.176. The highest BCUT2D eigenvalue weighted by Crippen LogP contribution is 2.30. The molecule has 0 fully saturated rings. The molecule has 0 aliphatic rings. The second-order valence-corrected chi connectivity index (χ2v) is 5.61. The number of nitrogens with one attached hydrogen (secondary N) is 2. The van der Waals surface area contributed by atoms with Crippen LogP contribution in [0.25, 0.3) is 0 Å². The van der Waals surface area contributed by atoms with Crippen molar-refractivity contribution in [2.45, 2.75) is 13.1 Å². The van der Waals surface area contributed by atoms with Gasteiger partial charge in [-0.25, -0.2) is 5.43 Å². The molecule has 0 aliphatic heterocycles. The molecule has 0 unspecified atom stereocenters. The Kier molecular flexibility index (Phi) is 6.03. The fourth-order valence-electron chi connectivity index (χ4n) is 1.93. The van der Waals surface area contributed by atoms with Crippen LogP contribution in [0.3, 0.4) is 0 Å². The van der Waals surface area contributed by atoms with E-state index in [1.165, 1.54) is 12.1 Å². The lowest BCUT2D eigenvalue weighted by Crippen LogP contribution is -2.26. The lowest BCUT2D eigenvalue weighted by Gasteiger charge is -2.10. The molecule has 132 valence electrons. The number of benzene rings is 2. The van der Waals surface area contributed by atoms with Crippen molar-refractivity contribution in [3.63, 3.8) is 0 Å². The largest absolute Gasteiger partial charge is 0.416 e. The zero-order valence-corrected chi connectivity index (χ0v) is 13.9. The minimum Gasteiger partial charge on any atom is -0.376 e. The van der Waals surface area contributed by atoms with Crippen LogP contribution in [0, 0.1) is 0 Å². The highest BCUT2D eigenvalue weighted by atomic mass is 35.5. The van der Waals surface area contributed by atoms with Crippen molar-refractivity contribution in [1.29, 1.82) is 0 Å². The summed E-state index contributed by atoms with van der Waals surface area (Å²) in [6.45, 7) is 1.50. The highest BCUT2D eigenvalue weighted by molar-refractivity contribution is 6.30. The smallest absolute Gasteiger partial charge is 0.376 e. The third-order valence-electron chi connectivity index (χ3n) is 3.25. The van der Waals surface area contributed by atoms with E-state index in [1.54, 1.807) is 31.2 Å². The van der Waals surface area contributed by atoms with Gasteiger partial charge in [0.1, 0.15) is 0 Å². The third kappa shape index (κ3) is 5.79. The molecular formula is C17H15ClF3N3O. The van der Waals surface area contributed by atoms with E-state index < -0.39 is 17.6 Å². The molecule has 4 nitrogen and oxygen atoms in total. The topological polar surface area (TPSA) is 53.5 Å². The molecule has 2 aromatic rings. The van der Waals surface area contributed by atoms with Crippen molar-refractivity contribution in [2.75, 3.05) is 11.9 Å². The predicted octanol–water partition coefficient (Wildman–Crippen LogP) is 4.31. The van der Waals surface area contributed by atoms with Gasteiger partial charge >= 0.3 is 6.18 Å². The zero-order valence-electron chi connectivity index (χ0n) is 13.2. The average Bonchev–Trinajstić information content (AvgIpc) is 2.58. The highest BCUT2D eigenvalue weighted by Gasteiger charge is 2.30. The number of hydrogen-bond donors (Lipinski definition) is 2. The summed E-state index contributed by atoms with van der Waals surface area (Å²) in [7, 11) is 0. The second kappa shape index (κ2) is 8.02. The van der Waals surface area contributed by atoms with E-state index in [0.717, 1.165) is 17.7 Å². The van der Waals surface area contributed by atoms with Gasteiger partial charge in [-0.05, 0) is 42.8 Å². The average molecular weight is 370 g/mol. The molecule has 0 heterocycles. The molecule has 25 heavy (non-hydrogen) atoms. The minimum atomic E-state index is -4.43. The molecule has 1 amide bonds. The maximum atomic E-state index is 12.6. The Labute approximate surface area is 147 Å². The first-order valence-electron chi connectivity index (χ1n) is 7.26. The summed E-state index contributed by atoms with van der Waals surface area (Å²) in [5.41, 5.74) is 3.12. The van der Waals surface area contributed by atoms with Gasteiger partial charge < -0.3 is 5.32 Å². The Balaban J connectivity index is 1.90. The Morgan fingerprint density at radius 3 is 2.48 bits per heavy atom. The molecule has 0 radical (unpaired) electrons. The van der Waals surface area contributed by atoms with Crippen LogP contribution in [-0.2, 0) is 11.0 Å². The number of hydrazone groups is 1. The zero-order chi connectivity index (χ0) is 18.4. The monoisotopic (exact) mass is 369 g/mol. The first-order valence-corrected chi connectivity index (χ1v) is 7.64. The molecule has 8 heteroatoms. The van der Waals surface area contributed by atoms with Crippen molar-refractivity contribution >= 4 is 28.9 Å². The molecule has 0 aliphatic carbocycles. The van der Waals surface area contributed by atoms with E-state index in [0.29, 0.717) is 10.7 Å². The standard InChI is InChI=1S/C17H15ClF3N3O/c1-11(12-5-7-14(18)8-6-12)23-24-16(25)10-22-15-4-2-3-13(9-15)17(19,20)21/h2-9,22H,10H2,1H3,(H,24,25)/b23-11-. The van der Waals surface area contributed by atoms with E-state index in [2.05, 4.69) is 15.8 Å². The van der Waals surface area contributed by atoms with Crippen LogP contribution in [0.4, 0.5) is 18.9 Å². The number of amides is 1.